The summed E-state index contributed by atoms with van der Waals surface area (Å²) in [6, 6.07) is 10.2. The van der Waals surface area contributed by atoms with Gasteiger partial charge in [0.25, 0.3) is 0 Å². The molecule has 0 amide bonds. The number of halogens is 1. The number of fused-ring (bicyclic) bond motifs is 2. The number of aromatic amines is 1. The van der Waals surface area contributed by atoms with Crippen LogP contribution in [-0.4, -0.2) is 81.7 Å². The average molecular weight is 472 g/mol. The molecule has 5 heterocycles. The fraction of sp³-hybridized carbons (Fsp3) is 0.458. The molecule has 34 heavy (non-hydrogen) atoms. The lowest BCUT2D eigenvalue weighted by molar-refractivity contribution is -0.122. The average Bonchev–Trinajstić information content (AvgIpc) is 3.52. The highest BCUT2D eigenvalue weighted by atomic mass is 19.1. The first kappa shape index (κ1) is 21.9. The van der Waals surface area contributed by atoms with E-state index in [1.165, 1.54) is 6.07 Å². The third-order valence-corrected chi connectivity index (χ3v) is 6.72. The number of pyridine rings is 1. The van der Waals surface area contributed by atoms with Crippen molar-refractivity contribution in [2.75, 3.05) is 19.8 Å². The Hall–Kier alpha value is -2.60. The lowest BCUT2D eigenvalue weighted by Crippen LogP contribution is -2.37. The molecule has 1 aromatic carbocycles. The first-order valence-corrected chi connectivity index (χ1v) is 11.3. The highest BCUT2D eigenvalue weighted by Crippen LogP contribution is 2.33. The largest absolute Gasteiger partial charge is 0.470 e. The van der Waals surface area contributed by atoms with E-state index in [2.05, 4.69) is 9.97 Å². The molecule has 3 aliphatic heterocycles. The molecule has 3 aliphatic rings. The summed E-state index contributed by atoms with van der Waals surface area (Å²) < 4.78 is 37.7. The number of aliphatic hydroxyl groups is 3. The van der Waals surface area contributed by atoms with E-state index in [0.29, 0.717) is 35.5 Å². The number of hydrogen-bond acceptors (Lipinski definition) is 8. The Balaban J connectivity index is 1.21. The fourth-order valence-electron chi connectivity index (χ4n) is 4.84. The van der Waals surface area contributed by atoms with Gasteiger partial charge in [0.2, 0.25) is 0 Å². The van der Waals surface area contributed by atoms with Crippen molar-refractivity contribution >= 4 is 11.0 Å². The van der Waals surface area contributed by atoms with Crippen molar-refractivity contribution in [1.82, 2.24) is 9.97 Å². The van der Waals surface area contributed by atoms with Gasteiger partial charge in [-0.05, 0) is 5.56 Å². The van der Waals surface area contributed by atoms with Crippen LogP contribution in [0, 0.1) is 5.82 Å². The van der Waals surface area contributed by atoms with Gasteiger partial charge in [-0.15, -0.1) is 0 Å². The highest BCUT2D eigenvalue weighted by molar-refractivity contribution is 5.80. The van der Waals surface area contributed by atoms with E-state index in [9.17, 15) is 19.7 Å². The van der Waals surface area contributed by atoms with Crippen LogP contribution in [0.25, 0.3) is 22.3 Å². The van der Waals surface area contributed by atoms with E-state index in [0.717, 1.165) is 5.56 Å². The van der Waals surface area contributed by atoms with Crippen molar-refractivity contribution in [2.45, 2.75) is 49.1 Å². The van der Waals surface area contributed by atoms with Gasteiger partial charge in [-0.3, -0.25) is 0 Å². The normalized spacial score (nSPS) is 33.4. The SMILES string of the molecule is O[C@@H]1CO[C@H]2[C@@H]1OC[C@H]2Oc1cc2nc(-c3ccc([C@@H]4C[C@H](O)[C@H](O)CO4)cc3)c(F)cc2[nH]1. The van der Waals surface area contributed by atoms with Gasteiger partial charge < -0.3 is 39.3 Å². The highest BCUT2D eigenvalue weighted by Gasteiger charge is 2.48. The number of nitrogens with one attached hydrogen (secondary N) is 1. The Morgan fingerprint density at radius 1 is 0.912 bits per heavy atom. The number of benzene rings is 1. The van der Waals surface area contributed by atoms with E-state index in [4.69, 9.17) is 18.9 Å². The Kier molecular flexibility index (Phi) is 5.51. The maximum atomic E-state index is 14.9. The quantitative estimate of drug-likeness (QED) is 0.450. The number of aliphatic hydroxyl groups excluding tert-OH is 3. The minimum absolute atomic E-state index is 0.0689. The molecule has 0 unspecified atom stereocenters. The third kappa shape index (κ3) is 3.86. The van der Waals surface area contributed by atoms with Crippen LogP contribution < -0.4 is 4.74 Å². The van der Waals surface area contributed by atoms with Crippen molar-refractivity contribution in [1.29, 1.82) is 0 Å². The lowest BCUT2D eigenvalue weighted by atomic mass is 9.96. The monoisotopic (exact) mass is 472 g/mol. The van der Waals surface area contributed by atoms with E-state index >= 15 is 0 Å². The number of nitrogens with zero attached hydrogens (tertiary/aromatic N) is 1. The molecule has 0 bridgehead atoms. The van der Waals surface area contributed by atoms with Gasteiger partial charge in [-0.1, -0.05) is 24.3 Å². The van der Waals surface area contributed by atoms with Crippen molar-refractivity contribution in [3.8, 4) is 17.1 Å². The summed E-state index contributed by atoms with van der Waals surface area (Å²) >= 11 is 0. The molecule has 7 atom stereocenters. The van der Waals surface area contributed by atoms with Gasteiger partial charge in [-0.25, -0.2) is 9.37 Å². The van der Waals surface area contributed by atoms with Crippen LogP contribution in [0.2, 0.25) is 0 Å². The summed E-state index contributed by atoms with van der Waals surface area (Å²) in [5, 5.41) is 29.4. The Morgan fingerprint density at radius 2 is 1.68 bits per heavy atom. The zero-order chi connectivity index (χ0) is 23.4. The van der Waals surface area contributed by atoms with Crippen molar-refractivity contribution in [3.05, 3.63) is 47.8 Å². The molecule has 10 heteroatoms. The molecule has 0 spiro atoms. The van der Waals surface area contributed by atoms with Gasteiger partial charge in [0, 0.05) is 24.1 Å². The Labute approximate surface area is 194 Å². The van der Waals surface area contributed by atoms with Gasteiger partial charge in [-0.2, -0.15) is 0 Å². The second-order valence-electron chi connectivity index (χ2n) is 9.02. The third-order valence-electron chi connectivity index (χ3n) is 6.72. The molecular formula is C24H25FN2O7. The van der Waals surface area contributed by atoms with Gasteiger partial charge in [0.15, 0.2) is 17.8 Å². The molecule has 0 aliphatic carbocycles. The molecule has 3 aromatic rings. The minimum atomic E-state index is -0.879. The van der Waals surface area contributed by atoms with Crippen LogP contribution in [0.1, 0.15) is 18.1 Å². The molecular weight excluding hydrogens is 447 g/mol. The fourth-order valence-corrected chi connectivity index (χ4v) is 4.84. The summed E-state index contributed by atoms with van der Waals surface area (Å²) in [6.45, 7) is 0.577. The maximum absolute atomic E-state index is 14.9. The molecule has 0 saturated carbocycles. The van der Waals surface area contributed by atoms with Crippen LogP contribution in [0.4, 0.5) is 4.39 Å². The van der Waals surface area contributed by atoms with Gasteiger partial charge in [0.1, 0.15) is 30.1 Å². The lowest BCUT2D eigenvalue weighted by Gasteiger charge is -2.30. The van der Waals surface area contributed by atoms with Crippen LogP contribution in [0.3, 0.4) is 0 Å². The van der Waals surface area contributed by atoms with Crippen LogP contribution in [0.15, 0.2) is 36.4 Å². The number of hydrogen-bond donors (Lipinski definition) is 4. The molecule has 3 fully saturated rings. The topological polar surface area (TPSA) is 126 Å². The standard InChI is InChI=1S/C24H25FN2O7/c25-13-5-14-15(6-21(26-14)34-20-10-33-23-18(30)9-32-24(20)23)27-22(13)12-3-1-11(2-4-12)19-7-16(28)17(29)8-31-19/h1-6,16-20,23-24,26,28-30H,7-10H2/t16-,17+,18+,19-,20+,23+,24+/m0/s1. The molecule has 3 saturated heterocycles. The molecule has 6 rings (SSSR count). The van der Waals surface area contributed by atoms with Gasteiger partial charge >= 0.3 is 0 Å². The molecule has 0 radical (unpaired) electrons. The number of H-pyrrole nitrogens is 1. The Morgan fingerprint density at radius 3 is 2.47 bits per heavy atom. The van der Waals surface area contributed by atoms with Gasteiger partial charge in [0.05, 0.1) is 43.1 Å². The first-order chi connectivity index (χ1) is 16.5. The van der Waals surface area contributed by atoms with Crippen LogP contribution >= 0.6 is 0 Å². The predicted octanol–water partition coefficient (Wildman–Crippen LogP) is 1.46. The maximum Gasteiger partial charge on any atom is 0.193 e. The molecule has 2 aromatic heterocycles. The van der Waals surface area contributed by atoms with E-state index in [1.807, 2.05) is 12.1 Å². The minimum Gasteiger partial charge on any atom is -0.470 e. The van der Waals surface area contributed by atoms with E-state index in [1.54, 1.807) is 18.2 Å². The zero-order valence-corrected chi connectivity index (χ0v) is 18.1. The molecule has 9 nitrogen and oxygen atoms in total. The summed E-state index contributed by atoms with van der Waals surface area (Å²) in [5.41, 5.74) is 2.69. The van der Waals surface area contributed by atoms with Crippen LogP contribution in [0.5, 0.6) is 5.88 Å². The van der Waals surface area contributed by atoms with E-state index < -0.39 is 30.2 Å². The first-order valence-electron chi connectivity index (χ1n) is 11.3. The second kappa shape index (κ2) is 8.56. The summed E-state index contributed by atoms with van der Waals surface area (Å²) in [4.78, 5) is 7.52. The second-order valence-corrected chi connectivity index (χ2v) is 9.02. The van der Waals surface area contributed by atoms with Crippen molar-refractivity contribution < 1.29 is 38.7 Å². The molecule has 4 N–H and O–H groups in total. The zero-order valence-electron chi connectivity index (χ0n) is 18.1. The van der Waals surface area contributed by atoms with Crippen LogP contribution in [-0.2, 0) is 14.2 Å². The van der Waals surface area contributed by atoms with E-state index in [-0.39, 0.29) is 37.2 Å². The van der Waals surface area contributed by atoms with Crippen molar-refractivity contribution in [3.63, 3.8) is 0 Å². The summed E-state index contributed by atoms with van der Waals surface area (Å²) in [6.07, 6.45) is -3.54. The Bertz CT molecular complexity index is 1190. The number of rotatable bonds is 4. The predicted molar refractivity (Wildman–Crippen MR) is 117 cm³/mol. The number of ether oxygens (including phenoxy) is 4. The summed E-state index contributed by atoms with van der Waals surface area (Å²) in [7, 11) is 0. The molecule has 180 valence electrons. The number of aromatic nitrogens is 2. The van der Waals surface area contributed by atoms with Crippen molar-refractivity contribution in [2.24, 2.45) is 0 Å². The summed E-state index contributed by atoms with van der Waals surface area (Å²) in [5.74, 6) is -0.0588. The smallest absolute Gasteiger partial charge is 0.193 e.